The second-order valence-electron chi connectivity index (χ2n) is 2.19. The van der Waals surface area contributed by atoms with Crippen molar-refractivity contribution in [3.63, 3.8) is 0 Å². The number of carbonyl (C=O) groups excluding carboxylic acids is 1. The average Bonchev–Trinajstić information content (AvgIpc) is 2.28. The first-order valence-electron chi connectivity index (χ1n) is 3.30. The molecule has 11 heavy (non-hydrogen) atoms. The van der Waals surface area contributed by atoms with Crippen LogP contribution in [0.3, 0.4) is 0 Å². The fourth-order valence-electron chi connectivity index (χ4n) is 0.690. The zero-order valence-electron chi connectivity index (χ0n) is 6.50. The van der Waals surface area contributed by atoms with E-state index < -0.39 is 0 Å². The van der Waals surface area contributed by atoms with Crippen LogP contribution in [-0.4, -0.2) is 11.3 Å². The summed E-state index contributed by atoms with van der Waals surface area (Å²) < 4.78 is 5.16. The molecule has 1 aromatic heterocycles. The third kappa shape index (κ3) is 1.77. The number of carbonyl (C=O) groups is 1. The molecule has 0 aromatic carbocycles. The van der Waals surface area contributed by atoms with Gasteiger partial charge < -0.3 is 4.42 Å². The highest BCUT2D eigenvalue weighted by Crippen LogP contribution is 2.08. The highest BCUT2D eigenvalue weighted by Gasteiger charge is 2.00. The van der Waals surface area contributed by atoms with Gasteiger partial charge >= 0.3 is 0 Å². The van der Waals surface area contributed by atoms with Crippen LogP contribution in [0.2, 0.25) is 0 Å². The molecule has 58 valence electrons. The van der Waals surface area contributed by atoms with Gasteiger partial charge in [-0.1, -0.05) is 0 Å². The molecule has 0 bridgehead atoms. The van der Waals surface area contributed by atoms with Gasteiger partial charge in [0.1, 0.15) is 12.0 Å². The van der Waals surface area contributed by atoms with E-state index in [1.54, 1.807) is 0 Å². The molecule has 0 atom stereocenters. The number of allylic oxidation sites excluding steroid dienone is 1. The first kappa shape index (κ1) is 7.72. The summed E-state index contributed by atoms with van der Waals surface area (Å²) in [5.74, 6) is 1.27. The Morgan fingerprint density at radius 1 is 1.45 bits per heavy atom. The fraction of sp³-hybridized carbons (Fsp3) is 0.250. The van der Waals surface area contributed by atoms with Gasteiger partial charge in [-0.05, 0) is 19.9 Å². The molecule has 0 amide bonds. The molecule has 0 radical (unpaired) electrons. The lowest BCUT2D eigenvalue weighted by atomic mass is 10.4. The second kappa shape index (κ2) is 3.14. The summed E-state index contributed by atoms with van der Waals surface area (Å²) in [4.78, 5) is 13.9. The lowest BCUT2D eigenvalue weighted by molar-refractivity contribution is -0.104. The SMILES string of the molecule is Cc1nc(/C=C/C=O)oc1C. The van der Waals surface area contributed by atoms with E-state index in [-0.39, 0.29) is 0 Å². The van der Waals surface area contributed by atoms with E-state index in [9.17, 15) is 4.79 Å². The highest BCUT2D eigenvalue weighted by molar-refractivity contribution is 5.72. The van der Waals surface area contributed by atoms with E-state index >= 15 is 0 Å². The minimum absolute atomic E-state index is 0.479. The van der Waals surface area contributed by atoms with E-state index in [2.05, 4.69) is 4.98 Å². The van der Waals surface area contributed by atoms with Crippen LogP contribution in [-0.2, 0) is 4.79 Å². The van der Waals surface area contributed by atoms with Crippen molar-refractivity contribution in [1.29, 1.82) is 0 Å². The Morgan fingerprint density at radius 2 is 2.18 bits per heavy atom. The van der Waals surface area contributed by atoms with Crippen LogP contribution in [0.5, 0.6) is 0 Å². The van der Waals surface area contributed by atoms with Gasteiger partial charge in [0.05, 0.1) is 5.69 Å². The van der Waals surface area contributed by atoms with E-state index in [4.69, 9.17) is 4.42 Å². The van der Waals surface area contributed by atoms with Crippen molar-refractivity contribution >= 4 is 12.4 Å². The molecule has 0 saturated heterocycles. The molecule has 1 rings (SSSR count). The third-order valence-electron chi connectivity index (χ3n) is 1.36. The van der Waals surface area contributed by atoms with Gasteiger partial charge in [-0.25, -0.2) is 4.98 Å². The summed E-state index contributed by atoms with van der Waals surface area (Å²) in [7, 11) is 0. The van der Waals surface area contributed by atoms with Crippen LogP contribution in [0.4, 0.5) is 0 Å². The van der Waals surface area contributed by atoms with E-state index in [1.165, 1.54) is 12.2 Å². The second-order valence-corrected chi connectivity index (χ2v) is 2.19. The summed E-state index contributed by atoms with van der Waals surface area (Å²) in [6, 6.07) is 0. The van der Waals surface area contributed by atoms with E-state index in [0.717, 1.165) is 11.5 Å². The maximum atomic E-state index is 9.91. The van der Waals surface area contributed by atoms with Gasteiger partial charge in [-0.3, -0.25) is 4.79 Å². The number of hydrogen-bond acceptors (Lipinski definition) is 3. The quantitative estimate of drug-likeness (QED) is 0.475. The zero-order chi connectivity index (χ0) is 8.27. The molecule has 0 fully saturated rings. The molecule has 0 aliphatic heterocycles. The van der Waals surface area contributed by atoms with Gasteiger partial charge in [0.2, 0.25) is 5.89 Å². The molecular formula is C8H9NO2. The van der Waals surface area contributed by atoms with Crippen molar-refractivity contribution in [2.75, 3.05) is 0 Å². The van der Waals surface area contributed by atoms with E-state index in [1.807, 2.05) is 13.8 Å². The molecule has 3 heteroatoms. The van der Waals surface area contributed by atoms with Crippen molar-refractivity contribution in [2.24, 2.45) is 0 Å². The minimum atomic E-state index is 0.479. The summed E-state index contributed by atoms with van der Waals surface area (Å²) in [5.41, 5.74) is 0.857. The fourth-order valence-corrected chi connectivity index (χ4v) is 0.690. The van der Waals surface area contributed by atoms with Crippen molar-refractivity contribution in [3.8, 4) is 0 Å². The van der Waals surface area contributed by atoms with E-state index in [0.29, 0.717) is 12.2 Å². The Morgan fingerprint density at radius 3 is 2.64 bits per heavy atom. The predicted octanol–water partition coefficient (Wildman–Crippen LogP) is 1.50. The van der Waals surface area contributed by atoms with Crippen molar-refractivity contribution in [3.05, 3.63) is 23.4 Å². The molecule has 1 aromatic rings. The number of aryl methyl sites for hydroxylation is 2. The number of aromatic nitrogens is 1. The zero-order valence-corrected chi connectivity index (χ0v) is 6.50. The maximum absolute atomic E-state index is 9.91. The Kier molecular flexibility index (Phi) is 2.21. The van der Waals surface area contributed by atoms with Crippen molar-refractivity contribution in [2.45, 2.75) is 13.8 Å². The largest absolute Gasteiger partial charge is 0.442 e. The normalized spacial score (nSPS) is 10.7. The smallest absolute Gasteiger partial charge is 0.219 e. The molecule has 0 unspecified atom stereocenters. The highest BCUT2D eigenvalue weighted by atomic mass is 16.4. The monoisotopic (exact) mass is 151 g/mol. The minimum Gasteiger partial charge on any atom is -0.442 e. The molecule has 0 spiro atoms. The summed E-state index contributed by atoms with van der Waals surface area (Å²) >= 11 is 0. The number of aldehydes is 1. The topological polar surface area (TPSA) is 43.1 Å². The first-order valence-corrected chi connectivity index (χ1v) is 3.30. The summed E-state index contributed by atoms with van der Waals surface area (Å²) in [6.07, 6.45) is 3.58. The maximum Gasteiger partial charge on any atom is 0.219 e. The molecular weight excluding hydrogens is 142 g/mol. The standard InChI is InChI=1S/C8H9NO2/c1-6-7(2)11-8(9-6)4-3-5-10/h3-5H,1-2H3/b4-3+. The Labute approximate surface area is 64.7 Å². The molecule has 0 aliphatic carbocycles. The molecule has 0 saturated carbocycles. The Bertz CT molecular complexity index is 267. The predicted molar refractivity (Wildman–Crippen MR) is 41.1 cm³/mol. The van der Waals surface area contributed by atoms with Crippen LogP contribution < -0.4 is 0 Å². The van der Waals surface area contributed by atoms with Gasteiger partial charge in [0, 0.05) is 6.08 Å². The number of rotatable bonds is 2. The molecule has 3 nitrogen and oxygen atoms in total. The van der Waals surface area contributed by atoms with Gasteiger partial charge in [0.25, 0.3) is 0 Å². The number of oxazole rings is 1. The van der Waals surface area contributed by atoms with Crippen LogP contribution in [0, 0.1) is 13.8 Å². The van der Waals surface area contributed by atoms with Gasteiger partial charge in [-0.15, -0.1) is 0 Å². The van der Waals surface area contributed by atoms with Crippen LogP contribution in [0.25, 0.3) is 6.08 Å². The summed E-state index contributed by atoms with van der Waals surface area (Å²) in [5, 5.41) is 0. The molecule has 0 aliphatic rings. The van der Waals surface area contributed by atoms with Gasteiger partial charge in [0.15, 0.2) is 0 Å². The lowest BCUT2D eigenvalue weighted by Gasteiger charge is -1.78. The Hall–Kier alpha value is -1.38. The van der Waals surface area contributed by atoms with Crippen LogP contribution in [0.1, 0.15) is 17.3 Å². The van der Waals surface area contributed by atoms with Crippen molar-refractivity contribution < 1.29 is 9.21 Å². The number of hydrogen-bond donors (Lipinski definition) is 0. The molecule has 0 N–H and O–H groups in total. The van der Waals surface area contributed by atoms with Crippen molar-refractivity contribution in [1.82, 2.24) is 4.98 Å². The number of nitrogens with zero attached hydrogens (tertiary/aromatic N) is 1. The van der Waals surface area contributed by atoms with Gasteiger partial charge in [-0.2, -0.15) is 0 Å². The average molecular weight is 151 g/mol. The third-order valence-corrected chi connectivity index (χ3v) is 1.36. The van der Waals surface area contributed by atoms with Crippen LogP contribution >= 0.6 is 0 Å². The molecule has 1 heterocycles. The van der Waals surface area contributed by atoms with Crippen LogP contribution in [0.15, 0.2) is 10.5 Å². The lowest BCUT2D eigenvalue weighted by Crippen LogP contribution is -1.72. The first-order chi connectivity index (χ1) is 5.24. The Balaban J connectivity index is 2.88. The summed E-state index contributed by atoms with van der Waals surface area (Å²) in [6.45, 7) is 3.69.